The Balaban J connectivity index is 1.71. The summed E-state index contributed by atoms with van der Waals surface area (Å²) in [5, 5.41) is 17.1. The molecule has 4 aromatic rings. The molecule has 6 nitrogen and oxygen atoms in total. The van der Waals surface area contributed by atoms with Crippen LogP contribution in [-0.2, 0) is 6.54 Å². The first kappa shape index (κ1) is 18.4. The fourth-order valence-electron chi connectivity index (χ4n) is 3.12. The summed E-state index contributed by atoms with van der Waals surface area (Å²) in [7, 11) is 0. The van der Waals surface area contributed by atoms with Crippen molar-refractivity contribution in [2.75, 3.05) is 5.32 Å². The number of fused-ring (bicyclic) bond motifs is 1. The van der Waals surface area contributed by atoms with Crippen molar-refractivity contribution in [2.24, 2.45) is 0 Å². The molecule has 0 bridgehead atoms. The van der Waals surface area contributed by atoms with Crippen molar-refractivity contribution in [1.29, 1.82) is 0 Å². The molecule has 0 radical (unpaired) electrons. The molecule has 0 spiro atoms. The Morgan fingerprint density at radius 3 is 2.52 bits per heavy atom. The van der Waals surface area contributed by atoms with Crippen LogP contribution in [0.25, 0.3) is 10.9 Å². The molecule has 0 aliphatic carbocycles. The molecule has 0 aliphatic heterocycles. The number of aromatic carboxylic acids is 1. The number of rotatable bonds is 5. The fourth-order valence-corrected chi connectivity index (χ4v) is 3.12. The van der Waals surface area contributed by atoms with E-state index in [-0.39, 0.29) is 17.9 Å². The minimum absolute atomic E-state index is 0.0764. The second kappa shape index (κ2) is 7.55. The van der Waals surface area contributed by atoms with Crippen molar-refractivity contribution in [2.45, 2.75) is 6.54 Å². The van der Waals surface area contributed by atoms with Gasteiger partial charge >= 0.3 is 5.97 Å². The monoisotopic (exact) mass is 389 g/mol. The molecule has 0 unspecified atom stereocenters. The molecule has 1 heterocycles. The third-order valence-electron chi connectivity index (χ3n) is 4.47. The maximum Gasteiger partial charge on any atom is 0.335 e. The fraction of sp³-hybridized carbons (Fsp3) is 0.0455. The third kappa shape index (κ3) is 3.84. The largest absolute Gasteiger partial charge is 0.478 e. The van der Waals surface area contributed by atoms with Crippen molar-refractivity contribution in [3.63, 3.8) is 0 Å². The first-order valence-corrected chi connectivity index (χ1v) is 8.86. The van der Waals surface area contributed by atoms with E-state index in [1.165, 1.54) is 24.3 Å². The van der Waals surface area contributed by atoms with Gasteiger partial charge in [0, 0.05) is 11.1 Å². The lowest BCUT2D eigenvalue weighted by Gasteiger charge is -2.10. The number of aromatic nitrogens is 2. The molecule has 0 atom stereocenters. The summed E-state index contributed by atoms with van der Waals surface area (Å²) in [5.41, 5.74) is 2.23. The van der Waals surface area contributed by atoms with Gasteiger partial charge in [0.1, 0.15) is 11.5 Å². The van der Waals surface area contributed by atoms with Gasteiger partial charge in [0.05, 0.1) is 17.6 Å². The summed E-state index contributed by atoms with van der Waals surface area (Å²) >= 11 is 0. The predicted octanol–water partition coefficient (Wildman–Crippen LogP) is 4.17. The number of benzene rings is 3. The van der Waals surface area contributed by atoms with Gasteiger partial charge in [-0.05, 0) is 42.0 Å². The van der Waals surface area contributed by atoms with Gasteiger partial charge in [-0.3, -0.25) is 9.48 Å². The lowest BCUT2D eigenvalue weighted by Crippen LogP contribution is -2.19. The molecule has 144 valence electrons. The predicted molar refractivity (Wildman–Crippen MR) is 107 cm³/mol. The van der Waals surface area contributed by atoms with Crippen LogP contribution in [0.2, 0.25) is 0 Å². The summed E-state index contributed by atoms with van der Waals surface area (Å²) in [6.07, 6.45) is 0. The number of carbonyl (C=O) groups is 2. The van der Waals surface area contributed by atoms with Crippen molar-refractivity contribution >= 4 is 28.5 Å². The van der Waals surface area contributed by atoms with Crippen LogP contribution in [0, 0.1) is 5.82 Å². The van der Waals surface area contributed by atoms with Crippen LogP contribution in [0.1, 0.15) is 26.4 Å². The molecule has 1 aromatic heterocycles. The molecule has 3 aromatic carbocycles. The number of hydrogen-bond donors (Lipinski definition) is 2. The van der Waals surface area contributed by atoms with E-state index in [1.807, 2.05) is 12.1 Å². The van der Waals surface area contributed by atoms with E-state index in [0.717, 1.165) is 5.56 Å². The van der Waals surface area contributed by atoms with E-state index in [0.29, 0.717) is 22.3 Å². The van der Waals surface area contributed by atoms with Crippen LogP contribution in [0.5, 0.6) is 0 Å². The average Bonchev–Trinajstić information content (AvgIpc) is 3.08. The lowest BCUT2D eigenvalue weighted by atomic mass is 10.1. The van der Waals surface area contributed by atoms with Crippen molar-refractivity contribution in [3.05, 3.63) is 95.4 Å². The summed E-state index contributed by atoms with van der Waals surface area (Å²) < 4.78 is 14.8. The summed E-state index contributed by atoms with van der Waals surface area (Å²) in [6, 6.07) is 19.3. The first-order valence-electron chi connectivity index (χ1n) is 8.86. The Kier molecular flexibility index (Phi) is 4.78. The normalized spacial score (nSPS) is 10.8. The van der Waals surface area contributed by atoms with Crippen LogP contribution in [0.3, 0.4) is 0 Å². The van der Waals surface area contributed by atoms with Crippen molar-refractivity contribution in [1.82, 2.24) is 9.78 Å². The molecular weight excluding hydrogens is 373 g/mol. The highest BCUT2D eigenvalue weighted by atomic mass is 19.1. The second-order valence-corrected chi connectivity index (χ2v) is 6.49. The van der Waals surface area contributed by atoms with Gasteiger partial charge in [-0.1, -0.05) is 36.4 Å². The molecule has 29 heavy (non-hydrogen) atoms. The SMILES string of the molecule is O=C(O)c1cccc(NC(=O)c2c3ccccc3nn2Cc2ccc(F)cc2)c1. The number of carboxylic acids is 1. The van der Waals surface area contributed by atoms with Gasteiger partial charge in [0.15, 0.2) is 0 Å². The van der Waals surface area contributed by atoms with Crippen LogP contribution in [0.4, 0.5) is 10.1 Å². The number of amides is 1. The highest BCUT2D eigenvalue weighted by Crippen LogP contribution is 2.21. The van der Waals surface area contributed by atoms with E-state index in [9.17, 15) is 14.0 Å². The Morgan fingerprint density at radius 1 is 1.00 bits per heavy atom. The van der Waals surface area contributed by atoms with Gasteiger partial charge in [-0.2, -0.15) is 5.10 Å². The number of halogens is 1. The number of carboxylic acid groups (broad SMARTS) is 1. The van der Waals surface area contributed by atoms with Gasteiger partial charge in [0.2, 0.25) is 0 Å². The van der Waals surface area contributed by atoms with Crippen LogP contribution < -0.4 is 5.32 Å². The van der Waals surface area contributed by atoms with Gasteiger partial charge in [-0.15, -0.1) is 0 Å². The maximum atomic E-state index is 13.2. The average molecular weight is 389 g/mol. The second-order valence-electron chi connectivity index (χ2n) is 6.49. The van der Waals surface area contributed by atoms with Crippen LogP contribution >= 0.6 is 0 Å². The summed E-state index contributed by atoms with van der Waals surface area (Å²) in [6.45, 7) is 0.285. The van der Waals surface area contributed by atoms with Gasteiger partial charge in [-0.25, -0.2) is 9.18 Å². The Bertz CT molecular complexity index is 1220. The lowest BCUT2D eigenvalue weighted by molar-refractivity contribution is 0.0696. The topological polar surface area (TPSA) is 84.2 Å². The van der Waals surface area contributed by atoms with Crippen LogP contribution in [0.15, 0.2) is 72.8 Å². The molecule has 0 saturated carbocycles. The third-order valence-corrected chi connectivity index (χ3v) is 4.47. The van der Waals surface area contributed by atoms with E-state index in [4.69, 9.17) is 5.11 Å². The van der Waals surface area contributed by atoms with Crippen molar-refractivity contribution in [3.8, 4) is 0 Å². The first-order chi connectivity index (χ1) is 14.0. The summed E-state index contributed by atoms with van der Waals surface area (Å²) in [5.74, 6) is -1.83. The molecule has 0 saturated heterocycles. The maximum absolute atomic E-state index is 13.2. The highest BCUT2D eigenvalue weighted by Gasteiger charge is 2.19. The summed E-state index contributed by atoms with van der Waals surface area (Å²) in [4.78, 5) is 24.2. The number of anilines is 1. The van der Waals surface area contributed by atoms with Crippen LogP contribution in [-0.4, -0.2) is 26.8 Å². The minimum atomic E-state index is -1.08. The molecule has 2 N–H and O–H groups in total. The zero-order valence-corrected chi connectivity index (χ0v) is 15.2. The highest BCUT2D eigenvalue weighted by molar-refractivity contribution is 6.11. The van der Waals surface area contributed by atoms with E-state index in [2.05, 4.69) is 10.4 Å². The zero-order valence-electron chi connectivity index (χ0n) is 15.2. The minimum Gasteiger partial charge on any atom is -0.478 e. The zero-order chi connectivity index (χ0) is 20.4. The molecular formula is C22H16FN3O3. The Hall–Kier alpha value is -4.00. The molecule has 0 fully saturated rings. The van der Waals surface area contributed by atoms with E-state index >= 15 is 0 Å². The Morgan fingerprint density at radius 2 is 1.76 bits per heavy atom. The van der Waals surface area contributed by atoms with E-state index in [1.54, 1.807) is 41.1 Å². The van der Waals surface area contributed by atoms with E-state index < -0.39 is 11.9 Å². The number of nitrogens with one attached hydrogen (secondary N) is 1. The quantitative estimate of drug-likeness (QED) is 0.536. The number of hydrogen-bond acceptors (Lipinski definition) is 3. The number of nitrogens with zero attached hydrogens (tertiary/aromatic N) is 2. The van der Waals surface area contributed by atoms with Gasteiger partial charge in [0.25, 0.3) is 5.91 Å². The van der Waals surface area contributed by atoms with Crippen molar-refractivity contribution < 1.29 is 19.1 Å². The molecule has 1 amide bonds. The molecule has 7 heteroatoms. The Labute approximate surface area is 165 Å². The van der Waals surface area contributed by atoms with Gasteiger partial charge < -0.3 is 10.4 Å². The number of carbonyl (C=O) groups excluding carboxylic acids is 1. The molecule has 4 rings (SSSR count). The standard InChI is InChI=1S/C22H16FN3O3/c23-16-10-8-14(9-11-16)13-26-20(18-6-1-2-7-19(18)25-26)21(27)24-17-5-3-4-15(12-17)22(28)29/h1-12H,13H2,(H,24,27)(H,28,29). The molecule has 0 aliphatic rings. The smallest absolute Gasteiger partial charge is 0.335 e.